The highest BCUT2D eigenvalue weighted by Crippen LogP contribution is 2.20. The molecular weight excluding hydrogens is 204 g/mol. The number of rotatable bonds is 1. The lowest BCUT2D eigenvalue weighted by Crippen LogP contribution is -2.50. The lowest BCUT2D eigenvalue weighted by Gasteiger charge is -2.36. The van der Waals surface area contributed by atoms with Gasteiger partial charge in [-0.05, 0) is 33.1 Å². The topological polar surface area (TPSA) is 55.6 Å². The van der Waals surface area contributed by atoms with Crippen LogP contribution in [0.15, 0.2) is 0 Å². The molecule has 0 aromatic carbocycles. The number of amides is 1. The molecule has 2 N–H and O–H groups in total. The quantitative estimate of drug-likeness (QED) is 0.746. The minimum atomic E-state index is -0.430. The predicted octanol–water partition coefficient (Wildman–Crippen LogP) is 1.98. The van der Waals surface area contributed by atoms with E-state index in [1.807, 2.05) is 20.8 Å². The van der Waals surface area contributed by atoms with Gasteiger partial charge in [-0.1, -0.05) is 13.3 Å². The lowest BCUT2D eigenvalue weighted by atomic mass is 9.93. The first-order valence-corrected chi connectivity index (χ1v) is 6.05. The Balaban J connectivity index is 2.55. The number of piperidine rings is 1. The maximum atomic E-state index is 11.9. The molecule has 1 aliphatic heterocycles. The first-order valence-electron chi connectivity index (χ1n) is 6.05. The SMILES string of the molecule is CC[C@@H]1C[C@@H](N)CN(C(=O)OC(C)(C)C)C1. The fraction of sp³-hybridized carbons (Fsp3) is 0.917. The van der Waals surface area contributed by atoms with Crippen LogP contribution in [0, 0.1) is 5.92 Å². The molecule has 16 heavy (non-hydrogen) atoms. The van der Waals surface area contributed by atoms with Gasteiger partial charge in [-0.25, -0.2) is 4.79 Å². The molecule has 0 aliphatic carbocycles. The third-order valence-electron chi connectivity index (χ3n) is 2.80. The van der Waals surface area contributed by atoms with Crippen molar-refractivity contribution < 1.29 is 9.53 Å². The van der Waals surface area contributed by atoms with Crippen LogP contribution in [0.25, 0.3) is 0 Å². The molecule has 94 valence electrons. The summed E-state index contributed by atoms with van der Waals surface area (Å²) in [4.78, 5) is 13.6. The molecule has 1 aliphatic rings. The molecule has 0 radical (unpaired) electrons. The van der Waals surface area contributed by atoms with E-state index in [2.05, 4.69) is 6.92 Å². The minimum absolute atomic E-state index is 0.0891. The molecule has 4 nitrogen and oxygen atoms in total. The molecule has 1 rings (SSSR count). The number of nitrogens with two attached hydrogens (primary N) is 1. The number of ether oxygens (including phenoxy) is 1. The van der Waals surface area contributed by atoms with Crippen LogP contribution in [0.2, 0.25) is 0 Å². The molecule has 0 aromatic rings. The van der Waals surface area contributed by atoms with Crippen molar-refractivity contribution in [3.8, 4) is 0 Å². The largest absolute Gasteiger partial charge is 0.444 e. The van der Waals surface area contributed by atoms with Crippen molar-refractivity contribution in [2.45, 2.75) is 52.2 Å². The van der Waals surface area contributed by atoms with Crippen LogP contribution in [0.5, 0.6) is 0 Å². The van der Waals surface area contributed by atoms with Crippen LogP contribution in [0.1, 0.15) is 40.5 Å². The monoisotopic (exact) mass is 228 g/mol. The van der Waals surface area contributed by atoms with E-state index in [0.29, 0.717) is 12.5 Å². The van der Waals surface area contributed by atoms with Crippen molar-refractivity contribution in [3.63, 3.8) is 0 Å². The molecular formula is C12H24N2O2. The standard InChI is InChI=1S/C12H24N2O2/c1-5-9-6-10(13)8-14(7-9)11(15)16-12(2,3)4/h9-10H,5-8,13H2,1-4H3/t9-,10-/m1/s1. The number of hydrogen-bond acceptors (Lipinski definition) is 3. The Labute approximate surface area is 98.1 Å². The van der Waals surface area contributed by atoms with Crippen molar-refractivity contribution >= 4 is 6.09 Å². The smallest absolute Gasteiger partial charge is 0.410 e. The average molecular weight is 228 g/mol. The third-order valence-corrected chi connectivity index (χ3v) is 2.80. The summed E-state index contributed by atoms with van der Waals surface area (Å²) in [5, 5.41) is 0. The van der Waals surface area contributed by atoms with Crippen LogP contribution in [0.3, 0.4) is 0 Å². The molecule has 1 amide bonds. The van der Waals surface area contributed by atoms with Gasteiger partial charge in [0.1, 0.15) is 5.60 Å². The molecule has 0 aromatic heterocycles. The lowest BCUT2D eigenvalue weighted by molar-refractivity contribution is 0.0143. The summed E-state index contributed by atoms with van der Waals surface area (Å²) in [6.07, 6.45) is 1.84. The molecule has 2 atom stereocenters. The molecule has 0 bridgehead atoms. The van der Waals surface area contributed by atoms with E-state index in [1.54, 1.807) is 4.90 Å². The van der Waals surface area contributed by atoms with E-state index in [4.69, 9.17) is 10.5 Å². The van der Waals surface area contributed by atoms with Gasteiger partial charge in [-0.2, -0.15) is 0 Å². The van der Waals surface area contributed by atoms with Crippen LogP contribution in [-0.2, 0) is 4.74 Å². The zero-order valence-corrected chi connectivity index (χ0v) is 10.8. The highest BCUT2D eigenvalue weighted by molar-refractivity contribution is 5.68. The molecule has 1 saturated heterocycles. The van der Waals surface area contributed by atoms with Crippen LogP contribution in [0.4, 0.5) is 4.79 Å². The second-order valence-corrected chi connectivity index (χ2v) is 5.66. The van der Waals surface area contributed by atoms with E-state index in [0.717, 1.165) is 19.4 Å². The van der Waals surface area contributed by atoms with E-state index < -0.39 is 5.60 Å². The van der Waals surface area contributed by atoms with Crippen LogP contribution < -0.4 is 5.73 Å². The number of carbonyl (C=O) groups excluding carboxylic acids is 1. The first-order chi connectivity index (χ1) is 7.31. The summed E-state index contributed by atoms with van der Waals surface area (Å²) in [5.41, 5.74) is 5.51. The van der Waals surface area contributed by atoms with Gasteiger partial charge in [0.2, 0.25) is 0 Å². The third kappa shape index (κ3) is 4.00. The Morgan fingerprint density at radius 3 is 2.56 bits per heavy atom. The Hall–Kier alpha value is -0.770. The molecule has 4 heteroatoms. The van der Waals surface area contributed by atoms with E-state index in [1.165, 1.54) is 0 Å². The van der Waals surface area contributed by atoms with Crippen LogP contribution >= 0.6 is 0 Å². The molecule has 0 saturated carbocycles. The number of likely N-dealkylation sites (tertiary alicyclic amines) is 1. The predicted molar refractivity (Wildman–Crippen MR) is 64.2 cm³/mol. The summed E-state index contributed by atoms with van der Waals surface area (Å²) in [6.45, 7) is 9.17. The van der Waals surface area contributed by atoms with Gasteiger partial charge in [0.15, 0.2) is 0 Å². The van der Waals surface area contributed by atoms with E-state index in [-0.39, 0.29) is 12.1 Å². The fourth-order valence-corrected chi connectivity index (χ4v) is 2.02. The summed E-state index contributed by atoms with van der Waals surface area (Å²) >= 11 is 0. The van der Waals surface area contributed by atoms with Gasteiger partial charge < -0.3 is 15.4 Å². The van der Waals surface area contributed by atoms with Gasteiger partial charge >= 0.3 is 6.09 Å². The number of nitrogens with zero attached hydrogens (tertiary/aromatic N) is 1. The number of carbonyl (C=O) groups is 1. The normalized spacial score (nSPS) is 26.7. The molecule has 1 fully saturated rings. The van der Waals surface area contributed by atoms with Gasteiger partial charge in [-0.15, -0.1) is 0 Å². The van der Waals surface area contributed by atoms with Gasteiger partial charge in [0, 0.05) is 19.1 Å². The summed E-state index contributed by atoms with van der Waals surface area (Å²) in [6, 6.07) is 0.0891. The van der Waals surface area contributed by atoms with E-state index >= 15 is 0 Å². The van der Waals surface area contributed by atoms with Gasteiger partial charge in [0.05, 0.1) is 0 Å². The molecule has 1 heterocycles. The van der Waals surface area contributed by atoms with Crippen molar-refractivity contribution in [1.82, 2.24) is 4.90 Å². The van der Waals surface area contributed by atoms with Crippen molar-refractivity contribution in [1.29, 1.82) is 0 Å². The zero-order valence-electron chi connectivity index (χ0n) is 10.8. The maximum absolute atomic E-state index is 11.9. The minimum Gasteiger partial charge on any atom is -0.444 e. The molecule has 0 spiro atoms. The Kier molecular flexibility index (Phi) is 4.19. The zero-order chi connectivity index (χ0) is 12.3. The average Bonchev–Trinajstić information content (AvgIpc) is 2.14. The van der Waals surface area contributed by atoms with E-state index in [9.17, 15) is 4.79 Å². The first kappa shape index (κ1) is 13.3. The van der Waals surface area contributed by atoms with Gasteiger partial charge in [0.25, 0.3) is 0 Å². The van der Waals surface area contributed by atoms with Crippen molar-refractivity contribution in [2.75, 3.05) is 13.1 Å². The van der Waals surface area contributed by atoms with Crippen molar-refractivity contribution in [2.24, 2.45) is 11.7 Å². The van der Waals surface area contributed by atoms with Crippen LogP contribution in [-0.4, -0.2) is 35.7 Å². The Bertz CT molecular complexity index is 248. The summed E-state index contributed by atoms with van der Waals surface area (Å²) in [7, 11) is 0. The second kappa shape index (κ2) is 5.04. The number of hydrogen-bond donors (Lipinski definition) is 1. The van der Waals surface area contributed by atoms with Gasteiger partial charge in [-0.3, -0.25) is 0 Å². The maximum Gasteiger partial charge on any atom is 0.410 e. The fourth-order valence-electron chi connectivity index (χ4n) is 2.02. The highest BCUT2D eigenvalue weighted by Gasteiger charge is 2.30. The summed E-state index contributed by atoms with van der Waals surface area (Å²) < 4.78 is 5.35. The Morgan fingerprint density at radius 2 is 2.06 bits per heavy atom. The van der Waals surface area contributed by atoms with Crippen molar-refractivity contribution in [3.05, 3.63) is 0 Å². The second-order valence-electron chi connectivity index (χ2n) is 5.66. The highest BCUT2D eigenvalue weighted by atomic mass is 16.6. The summed E-state index contributed by atoms with van der Waals surface area (Å²) in [5.74, 6) is 0.510. The molecule has 0 unspecified atom stereocenters. The Morgan fingerprint density at radius 1 is 1.44 bits per heavy atom.